The van der Waals surface area contributed by atoms with Crippen LogP contribution >= 0.6 is 0 Å². The molecule has 3 aliphatic rings. The Morgan fingerprint density at radius 2 is 1.90 bits per heavy atom. The van der Waals surface area contributed by atoms with Crippen LogP contribution < -0.4 is 0 Å². The first-order valence-electron chi connectivity index (χ1n) is 6.93. The average Bonchev–Trinajstić information content (AvgIpc) is 2.81. The molecule has 1 fully saturated rings. The van der Waals surface area contributed by atoms with Gasteiger partial charge in [-0.05, 0) is 20.8 Å². The maximum Gasteiger partial charge on any atom is 0.416 e. The molecule has 0 aromatic heterocycles. The lowest BCUT2D eigenvalue weighted by molar-refractivity contribution is -0.528. The van der Waals surface area contributed by atoms with Crippen molar-refractivity contribution in [1.29, 1.82) is 0 Å². The third-order valence-electron chi connectivity index (χ3n) is 3.88. The van der Waals surface area contributed by atoms with Crippen LogP contribution in [0.25, 0.3) is 0 Å². The monoisotopic (exact) mass is 291 g/mol. The lowest BCUT2D eigenvalue weighted by Crippen LogP contribution is -2.62. The fraction of sp³-hybridized carbons (Fsp3) is 0.615. The third kappa shape index (κ3) is 1.78. The van der Waals surface area contributed by atoms with E-state index in [4.69, 9.17) is 0 Å². The van der Waals surface area contributed by atoms with E-state index in [9.17, 15) is 9.59 Å². The summed E-state index contributed by atoms with van der Waals surface area (Å²) >= 11 is 0. The molecule has 1 atom stereocenters. The number of urea groups is 1. The van der Waals surface area contributed by atoms with Crippen LogP contribution in [0.5, 0.6) is 0 Å². The number of imide groups is 1. The fourth-order valence-corrected chi connectivity index (χ4v) is 2.78. The van der Waals surface area contributed by atoms with Crippen molar-refractivity contribution >= 4 is 29.4 Å². The molecule has 0 N–H and O–H groups in total. The molecule has 0 aliphatic carbocycles. The van der Waals surface area contributed by atoms with E-state index in [1.54, 1.807) is 12.1 Å². The highest BCUT2D eigenvalue weighted by Crippen LogP contribution is 2.22. The second-order valence-corrected chi connectivity index (χ2v) is 5.81. The first-order chi connectivity index (χ1) is 9.82. The van der Waals surface area contributed by atoms with Crippen molar-refractivity contribution in [2.24, 2.45) is 10.1 Å². The Morgan fingerprint density at radius 1 is 1.24 bits per heavy atom. The minimum atomic E-state index is -0.542. The van der Waals surface area contributed by atoms with Crippen LogP contribution in [-0.4, -0.2) is 81.6 Å². The van der Waals surface area contributed by atoms with Crippen LogP contribution in [0.2, 0.25) is 0 Å². The standard InChI is InChI=1S/C13H19N6O2/c1-7(2)19-12-14-10-9(18(12)6-8(3)15-19)11(20)17(5)13(21)16(10)4/h7,9H,6H2,1-5H3/q+1. The van der Waals surface area contributed by atoms with E-state index >= 15 is 0 Å². The molecule has 0 radical (unpaired) electrons. The van der Waals surface area contributed by atoms with Gasteiger partial charge in [0.1, 0.15) is 6.54 Å². The SMILES string of the molecule is CC1=NN(C(C)C)C2=[N+](C1)C1C(=O)N(C)C(=O)N(C)C1=N2. The Balaban J connectivity index is 2.09. The van der Waals surface area contributed by atoms with Crippen molar-refractivity contribution in [3.05, 3.63) is 0 Å². The van der Waals surface area contributed by atoms with E-state index in [1.165, 1.54) is 11.9 Å². The topological polar surface area (TPSA) is 71.6 Å². The highest BCUT2D eigenvalue weighted by molar-refractivity contribution is 6.23. The molecule has 0 saturated carbocycles. The summed E-state index contributed by atoms with van der Waals surface area (Å²) in [5.41, 5.74) is 0.916. The number of aliphatic imine (C=N–C) groups is 1. The summed E-state index contributed by atoms with van der Waals surface area (Å²) in [5.74, 6) is 0.873. The highest BCUT2D eigenvalue weighted by atomic mass is 16.2. The first-order valence-corrected chi connectivity index (χ1v) is 6.93. The van der Waals surface area contributed by atoms with Crippen LogP contribution in [0.3, 0.4) is 0 Å². The van der Waals surface area contributed by atoms with Gasteiger partial charge >= 0.3 is 12.0 Å². The van der Waals surface area contributed by atoms with Crippen LogP contribution in [0.4, 0.5) is 4.79 Å². The van der Waals surface area contributed by atoms with E-state index in [1.807, 2.05) is 25.3 Å². The Bertz CT molecular complexity index is 633. The van der Waals surface area contributed by atoms with Gasteiger partial charge in [-0.1, -0.05) is 4.99 Å². The van der Waals surface area contributed by atoms with Gasteiger partial charge in [0.25, 0.3) is 5.91 Å². The van der Waals surface area contributed by atoms with Crippen molar-refractivity contribution < 1.29 is 14.2 Å². The maximum absolute atomic E-state index is 12.5. The van der Waals surface area contributed by atoms with Crippen LogP contribution in [-0.2, 0) is 4.79 Å². The summed E-state index contributed by atoms with van der Waals surface area (Å²) in [6.07, 6.45) is 0. The van der Waals surface area contributed by atoms with E-state index in [0.29, 0.717) is 18.3 Å². The van der Waals surface area contributed by atoms with Gasteiger partial charge < -0.3 is 0 Å². The smallest absolute Gasteiger partial charge is 0.270 e. The molecule has 0 aromatic carbocycles. The number of nitrogens with zero attached hydrogens (tertiary/aromatic N) is 6. The Hall–Kier alpha value is -2.25. The van der Waals surface area contributed by atoms with Crippen molar-refractivity contribution in [1.82, 2.24) is 14.8 Å². The number of carbonyl (C=O) groups is 2. The fourth-order valence-electron chi connectivity index (χ4n) is 2.78. The second kappa shape index (κ2) is 4.37. The van der Waals surface area contributed by atoms with Gasteiger partial charge in [0.05, 0.1) is 11.8 Å². The lowest BCUT2D eigenvalue weighted by atomic mass is 10.1. The number of hydrazone groups is 1. The van der Waals surface area contributed by atoms with Crippen molar-refractivity contribution in [2.75, 3.05) is 20.6 Å². The number of guanidine groups is 1. The van der Waals surface area contributed by atoms with Crippen LogP contribution in [0.15, 0.2) is 10.1 Å². The normalized spacial score (nSPS) is 25.4. The summed E-state index contributed by atoms with van der Waals surface area (Å²) in [4.78, 5) is 31.6. The molecule has 8 heteroatoms. The lowest BCUT2D eigenvalue weighted by Gasteiger charge is -2.32. The number of hydrogen-bond acceptors (Lipinski definition) is 5. The summed E-state index contributed by atoms with van der Waals surface area (Å²) in [5, 5.41) is 6.31. The Labute approximate surface area is 123 Å². The van der Waals surface area contributed by atoms with E-state index in [2.05, 4.69) is 10.1 Å². The third-order valence-corrected chi connectivity index (χ3v) is 3.88. The Kier molecular flexibility index (Phi) is 2.86. The average molecular weight is 291 g/mol. The van der Waals surface area contributed by atoms with Crippen LogP contribution in [0.1, 0.15) is 20.8 Å². The number of amidine groups is 1. The number of rotatable bonds is 1. The summed E-state index contributed by atoms with van der Waals surface area (Å²) in [6.45, 7) is 6.49. The summed E-state index contributed by atoms with van der Waals surface area (Å²) in [6, 6.07) is -0.778. The minimum Gasteiger partial charge on any atom is -0.270 e. The molecule has 21 heavy (non-hydrogen) atoms. The molecule has 1 unspecified atom stereocenters. The quantitative estimate of drug-likeness (QED) is 0.626. The number of likely N-dealkylation sites (N-methyl/N-ethyl adjacent to an activating group) is 2. The van der Waals surface area contributed by atoms with Crippen LogP contribution in [0, 0.1) is 0 Å². The molecule has 3 aliphatic heterocycles. The molecule has 1 saturated heterocycles. The first kappa shape index (κ1) is 13.7. The molecular weight excluding hydrogens is 272 g/mol. The number of carbonyl (C=O) groups excluding carboxylic acids is 2. The molecule has 3 rings (SSSR count). The number of fused-ring (bicyclic) bond motifs is 2. The van der Waals surface area contributed by atoms with Gasteiger partial charge in [-0.2, -0.15) is 0 Å². The predicted molar refractivity (Wildman–Crippen MR) is 77.4 cm³/mol. The van der Waals surface area contributed by atoms with E-state index < -0.39 is 6.04 Å². The van der Waals surface area contributed by atoms with Gasteiger partial charge in [-0.15, -0.1) is 10.1 Å². The predicted octanol–water partition coefficient (Wildman–Crippen LogP) is -0.241. The number of amides is 3. The molecule has 0 bridgehead atoms. The van der Waals surface area contributed by atoms with Gasteiger partial charge in [-0.25, -0.2) is 9.37 Å². The molecule has 0 aromatic rings. The van der Waals surface area contributed by atoms with Crippen molar-refractivity contribution in [3.63, 3.8) is 0 Å². The summed E-state index contributed by atoms with van der Waals surface area (Å²) < 4.78 is 1.92. The zero-order chi connectivity index (χ0) is 15.5. The second-order valence-electron chi connectivity index (χ2n) is 5.81. The van der Waals surface area contributed by atoms with Crippen molar-refractivity contribution in [2.45, 2.75) is 32.9 Å². The minimum absolute atomic E-state index is 0.121. The van der Waals surface area contributed by atoms with Gasteiger partial charge in [0.2, 0.25) is 11.9 Å². The zero-order valence-corrected chi connectivity index (χ0v) is 12.9. The molecule has 0 spiro atoms. The Morgan fingerprint density at radius 3 is 2.52 bits per heavy atom. The van der Waals surface area contributed by atoms with Gasteiger partial charge in [0, 0.05) is 14.1 Å². The molecule has 3 heterocycles. The molecular formula is C13H19N6O2+. The van der Waals surface area contributed by atoms with Gasteiger partial charge in [0.15, 0.2) is 0 Å². The van der Waals surface area contributed by atoms with Crippen molar-refractivity contribution in [3.8, 4) is 0 Å². The maximum atomic E-state index is 12.5. The highest BCUT2D eigenvalue weighted by Gasteiger charge is 2.53. The van der Waals surface area contributed by atoms with E-state index in [0.717, 1.165) is 10.6 Å². The molecule has 3 amide bonds. The van der Waals surface area contributed by atoms with Gasteiger partial charge in [-0.3, -0.25) is 14.6 Å². The van der Waals surface area contributed by atoms with E-state index in [-0.39, 0.29) is 18.0 Å². The largest absolute Gasteiger partial charge is 0.416 e. The zero-order valence-electron chi connectivity index (χ0n) is 12.9. The molecule has 112 valence electrons. The summed E-state index contributed by atoms with van der Waals surface area (Å²) in [7, 11) is 3.14. The number of hydrogen-bond donors (Lipinski definition) is 0. The molecule has 8 nitrogen and oxygen atoms in total.